The fraction of sp³-hybridized carbons (Fsp3) is 0.273. The number of fused-ring (bicyclic) bond motifs is 1. The molecule has 4 rings (SSSR count). The van der Waals surface area contributed by atoms with Crippen molar-refractivity contribution in [1.82, 2.24) is 20.1 Å². The number of anilines is 1. The highest BCUT2D eigenvalue weighted by Crippen LogP contribution is 2.34. The number of nitrogens with one attached hydrogen (secondary N) is 2. The standard InChI is InChI=1S/C22H23N5O4S/c1-15-11-25-27(12-15)9-3-8-23-21(29)17-4-2-7-24-22(17)32-13-20(28)26-16-5-6-18-19(10-16)31-14-30-18/h2,4-7,10-12H,3,8-9,13-14H2,1H3,(H,23,29)(H,26,28). The second-order valence-electron chi connectivity index (χ2n) is 7.15. The number of aryl methyl sites for hydroxylation is 2. The number of pyridine rings is 1. The van der Waals surface area contributed by atoms with E-state index in [1.807, 2.05) is 17.8 Å². The number of aromatic nitrogens is 3. The van der Waals surface area contributed by atoms with Crippen LogP contribution in [0.1, 0.15) is 22.3 Å². The molecule has 0 saturated carbocycles. The summed E-state index contributed by atoms with van der Waals surface area (Å²) in [7, 11) is 0. The molecule has 3 aromatic rings. The summed E-state index contributed by atoms with van der Waals surface area (Å²) in [5.41, 5.74) is 2.17. The minimum atomic E-state index is -0.214. The third kappa shape index (κ3) is 5.58. The Morgan fingerprint density at radius 2 is 2.09 bits per heavy atom. The van der Waals surface area contributed by atoms with Gasteiger partial charge >= 0.3 is 0 Å². The fourth-order valence-corrected chi connectivity index (χ4v) is 3.90. The second kappa shape index (κ2) is 10.2. The smallest absolute Gasteiger partial charge is 0.254 e. The summed E-state index contributed by atoms with van der Waals surface area (Å²) < 4.78 is 12.4. The molecule has 166 valence electrons. The number of thioether (sulfide) groups is 1. The van der Waals surface area contributed by atoms with Crippen molar-refractivity contribution in [2.45, 2.75) is 24.9 Å². The van der Waals surface area contributed by atoms with E-state index in [2.05, 4.69) is 20.7 Å². The van der Waals surface area contributed by atoms with E-state index >= 15 is 0 Å². The Kier molecular flexibility index (Phi) is 6.90. The largest absolute Gasteiger partial charge is 0.454 e. The first-order valence-corrected chi connectivity index (χ1v) is 11.1. The fourth-order valence-electron chi connectivity index (χ4n) is 3.11. The number of nitrogens with zero attached hydrogens (tertiary/aromatic N) is 3. The zero-order valence-electron chi connectivity index (χ0n) is 17.5. The average Bonchev–Trinajstić information content (AvgIpc) is 3.43. The molecular formula is C22H23N5O4S. The summed E-state index contributed by atoms with van der Waals surface area (Å²) in [6, 6.07) is 8.63. The Bertz CT molecular complexity index is 1120. The number of carbonyl (C=O) groups excluding carboxylic acids is 2. The number of carbonyl (C=O) groups is 2. The summed E-state index contributed by atoms with van der Waals surface area (Å²) in [6.45, 7) is 3.41. The lowest BCUT2D eigenvalue weighted by molar-refractivity contribution is -0.113. The van der Waals surface area contributed by atoms with Crippen LogP contribution in [0.15, 0.2) is 53.9 Å². The van der Waals surface area contributed by atoms with E-state index in [0.29, 0.717) is 34.3 Å². The highest BCUT2D eigenvalue weighted by atomic mass is 32.2. The van der Waals surface area contributed by atoms with Crippen molar-refractivity contribution >= 4 is 29.3 Å². The number of amides is 2. The zero-order valence-corrected chi connectivity index (χ0v) is 18.4. The topological polar surface area (TPSA) is 107 Å². The Labute approximate surface area is 189 Å². The van der Waals surface area contributed by atoms with E-state index in [1.165, 1.54) is 11.8 Å². The number of hydrogen-bond donors (Lipinski definition) is 2. The third-order valence-electron chi connectivity index (χ3n) is 4.62. The van der Waals surface area contributed by atoms with Crippen LogP contribution in [0.5, 0.6) is 11.5 Å². The van der Waals surface area contributed by atoms with Gasteiger partial charge in [0.05, 0.1) is 17.5 Å². The van der Waals surface area contributed by atoms with E-state index in [0.717, 1.165) is 18.5 Å². The molecule has 3 heterocycles. The lowest BCUT2D eigenvalue weighted by Gasteiger charge is -2.10. The molecule has 32 heavy (non-hydrogen) atoms. The maximum absolute atomic E-state index is 12.6. The molecule has 0 atom stereocenters. The second-order valence-corrected chi connectivity index (χ2v) is 8.12. The van der Waals surface area contributed by atoms with Crippen LogP contribution in [0.2, 0.25) is 0 Å². The molecule has 0 fully saturated rings. The van der Waals surface area contributed by atoms with Gasteiger partial charge in [0.2, 0.25) is 12.7 Å². The molecule has 1 aliphatic heterocycles. The molecule has 2 N–H and O–H groups in total. The van der Waals surface area contributed by atoms with Gasteiger partial charge in [-0.2, -0.15) is 5.10 Å². The molecule has 0 saturated heterocycles. The Hall–Kier alpha value is -3.53. The van der Waals surface area contributed by atoms with E-state index in [1.54, 1.807) is 42.7 Å². The van der Waals surface area contributed by atoms with Gasteiger partial charge in [-0.05, 0) is 43.2 Å². The summed E-state index contributed by atoms with van der Waals surface area (Å²) in [5, 5.41) is 10.5. The van der Waals surface area contributed by atoms with Gasteiger partial charge in [0, 0.05) is 37.2 Å². The van der Waals surface area contributed by atoms with Crippen LogP contribution in [-0.2, 0) is 11.3 Å². The van der Waals surface area contributed by atoms with E-state index < -0.39 is 0 Å². The van der Waals surface area contributed by atoms with E-state index in [4.69, 9.17) is 9.47 Å². The lowest BCUT2D eigenvalue weighted by Crippen LogP contribution is -2.26. The van der Waals surface area contributed by atoms with Crippen molar-refractivity contribution in [3.8, 4) is 11.5 Å². The highest BCUT2D eigenvalue weighted by molar-refractivity contribution is 8.00. The maximum atomic E-state index is 12.6. The first-order valence-electron chi connectivity index (χ1n) is 10.1. The summed E-state index contributed by atoms with van der Waals surface area (Å²) in [5.74, 6) is 0.946. The molecule has 1 aromatic carbocycles. The van der Waals surface area contributed by atoms with Crippen molar-refractivity contribution in [2.24, 2.45) is 0 Å². The van der Waals surface area contributed by atoms with Crippen molar-refractivity contribution < 1.29 is 19.1 Å². The van der Waals surface area contributed by atoms with Gasteiger partial charge in [0.1, 0.15) is 5.03 Å². The molecule has 0 unspecified atom stereocenters. The normalized spacial score (nSPS) is 11.9. The molecule has 2 amide bonds. The average molecular weight is 454 g/mol. The van der Waals surface area contributed by atoms with Crippen molar-refractivity contribution in [2.75, 3.05) is 24.4 Å². The molecule has 9 nitrogen and oxygen atoms in total. The van der Waals surface area contributed by atoms with Crippen molar-refractivity contribution in [3.05, 3.63) is 60.0 Å². The number of ether oxygens (including phenoxy) is 2. The van der Waals surface area contributed by atoms with Gasteiger partial charge in [0.25, 0.3) is 5.91 Å². The quantitative estimate of drug-likeness (QED) is 0.379. The summed E-state index contributed by atoms with van der Waals surface area (Å²) in [4.78, 5) is 29.3. The van der Waals surface area contributed by atoms with Crippen LogP contribution in [0, 0.1) is 6.92 Å². The Balaban J connectivity index is 1.26. The molecule has 2 aromatic heterocycles. The first-order chi connectivity index (χ1) is 15.6. The first kappa shape index (κ1) is 21.7. The van der Waals surface area contributed by atoms with Crippen LogP contribution >= 0.6 is 11.8 Å². The van der Waals surface area contributed by atoms with Gasteiger partial charge in [-0.1, -0.05) is 11.8 Å². The SMILES string of the molecule is Cc1cnn(CCCNC(=O)c2cccnc2SCC(=O)Nc2ccc3c(c2)OCO3)c1. The summed E-state index contributed by atoms with van der Waals surface area (Å²) >= 11 is 1.21. The number of benzene rings is 1. The van der Waals surface area contributed by atoms with E-state index in [-0.39, 0.29) is 24.4 Å². The minimum Gasteiger partial charge on any atom is -0.454 e. The van der Waals surface area contributed by atoms with Crippen LogP contribution in [0.25, 0.3) is 0 Å². The predicted molar refractivity (Wildman–Crippen MR) is 120 cm³/mol. The highest BCUT2D eigenvalue weighted by Gasteiger charge is 2.16. The lowest BCUT2D eigenvalue weighted by atomic mass is 10.2. The maximum Gasteiger partial charge on any atom is 0.254 e. The molecule has 0 spiro atoms. The minimum absolute atomic E-state index is 0.115. The van der Waals surface area contributed by atoms with Crippen LogP contribution in [0.4, 0.5) is 5.69 Å². The van der Waals surface area contributed by atoms with Crippen molar-refractivity contribution in [1.29, 1.82) is 0 Å². The van der Waals surface area contributed by atoms with Crippen LogP contribution < -0.4 is 20.1 Å². The van der Waals surface area contributed by atoms with Gasteiger partial charge in [-0.25, -0.2) is 4.98 Å². The molecule has 1 aliphatic rings. The van der Waals surface area contributed by atoms with Gasteiger partial charge in [-0.3, -0.25) is 14.3 Å². The van der Waals surface area contributed by atoms with E-state index in [9.17, 15) is 9.59 Å². The Morgan fingerprint density at radius 3 is 2.94 bits per heavy atom. The van der Waals surface area contributed by atoms with Gasteiger partial charge in [-0.15, -0.1) is 0 Å². The number of rotatable bonds is 9. The molecule has 0 radical (unpaired) electrons. The monoisotopic (exact) mass is 453 g/mol. The molecule has 0 aliphatic carbocycles. The van der Waals surface area contributed by atoms with Crippen LogP contribution in [0.3, 0.4) is 0 Å². The predicted octanol–water partition coefficient (Wildman–Crippen LogP) is 2.87. The zero-order chi connectivity index (χ0) is 22.3. The molecule has 0 bridgehead atoms. The van der Waals surface area contributed by atoms with Gasteiger partial charge in [0.15, 0.2) is 11.5 Å². The van der Waals surface area contributed by atoms with Gasteiger partial charge < -0.3 is 20.1 Å². The third-order valence-corrected chi connectivity index (χ3v) is 5.63. The number of hydrogen-bond acceptors (Lipinski definition) is 7. The molecular weight excluding hydrogens is 430 g/mol. The molecule has 10 heteroatoms. The summed E-state index contributed by atoms with van der Waals surface area (Å²) in [6.07, 6.45) is 6.13. The van der Waals surface area contributed by atoms with Crippen molar-refractivity contribution in [3.63, 3.8) is 0 Å². The Morgan fingerprint density at radius 1 is 1.22 bits per heavy atom. The van der Waals surface area contributed by atoms with Crippen LogP contribution in [-0.4, -0.2) is 45.7 Å².